The molecule has 122 valence electrons. The molecular formula is C20H22N4. The van der Waals surface area contributed by atoms with Gasteiger partial charge < -0.3 is 0 Å². The fraction of sp³-hybridized carbons (Fsp3) is 0.300. The number of aromatic nitrogens is 3. The van der Waals surface area contributed by atoms with E-state index in [9.17, 15) is 0 Å². The van der Waals surface area contributed by atoms with E-state index in [0.717, 1.165) is 25.9 Å². The maximum atomic E-state index is 4.31. The van der Waals surface area contributed by atoms with Crippen molar-refractivity contribution >= 4 is 0 Å². The van der Waals surface area contributed by atoms with E-state index in [1.807, 2.05) is 11.0 Å². The third kappa shape index (κ3) is 3.10. The number of hydrogen-bond donors (Lipinski definition) is 0. The summed E-state index contributed by atoms with van der Waals surface area (Å²) in [5.74, 6) is 0. The molecule has 1 fully saturated rings. The number of hydrogen-bond acceptors (Lipinski definition) is 3. The Hall–Kier alpha value is -2.46. The normalized spacial score (nSPS) is 16.5. The van der Waals surface area contributed by atoms with Gasteiger partial charge in [0.15, 0.2) is 0 Å². The SMILES string of the molecule is c1ccc(C(c2ccccc2)N2CCC(n3cncn3)CC2)cc1. The summed E-state index contributed by atoms with van der Waals surface area (Å²) in [5, 5.41) is 4.31. The summed E-state index contributed by atoms with van der Waals surface area (Å²) in [7, 11) is 0. The first-order valence-electron chi connectivity index (χ1n) is 8.60. The van der Waals surface area contributed by atoms with E-state index in [2.05, 4.69) is 75.6 Å². The first-order valence-corrected chi connectivity index (χ1v) is 8.60. The molecular weight excluding hydrogens is 296 g/mol. The fourth-order valence-electron chi connectivity index (χ4n) is 3.70. The van der Waals surface area contributed by atoms with Crippen molar-refractivity contribution in [1.29, 1.82) is 0 Å². The Morgan fingerprint density at radius 1 is 0.833 bits per heavy atom. The highest BCUT2D eigenvalue weighted by Crippen LogP contribution is 2.33. The van der Waals surface area contributed by atoms with Gasteiger partial charge in [0, 0.05) is 13.1 Å². The molecule has 1 aliphatic heterocycles. The van der Waals surface area contributed by atoms with Crippen molar-refractivity contribution in [3.8, 4) is 0 Å². The zero-order valence-electron chi connectivity index (χ0n) is 13.7. The monoisotopic (exact) mass is 318 g/mol. The van der Waals surface area contributed by atoms with Crippen LogP contribution in [0, 0.1) is 0 Å². The number of benzene rings is 2. The minimum Gasteiger partial charge on any atom is -0.292 e. The van der Waals surface area contributed by atoms with Gasteiger partial charge in [0.25, 0.3) is 0 Å². The first kappa shape index (κ1) is 15.1. The third-order valence-corrected chi connectivity index (χ3v) is 4.91. The molecule has 0 unspecified atom stereocenters. The molecule has 0 spiro atoms. The molecule has 0 radical (unpaired) electrons. The van der Waals surface area contributed by atoms with Crippen LogP contribution in [0.1, 0.15) is 36.1 Å². The molecule has 24 heavy (non-hydrogen) atoms. The molecule has 0 amide bonds. The summed E-state index contributed by atoms with van der Waals surface area (Å²) >= 11 is 0. The molecule has 4 nitrogen and oxygen atoms in total. The largest absolute Gasteiger partial charge is 0.292 e. The lowest BCUT2D eigenvalue weighted by Crippen LogP contribution is -2.38. The van der Waals surface area contributed by atoms with Crippen LogP contribution in [-0.4, -0.2) is 32.8 Å². The maximum Gasteiger partial charge on any atom is 0.137 e. The Kier molecular flexibility index (Phi) is 4.38. The molecule has 4 rings (SSSR count). The molecule has 0 aliphatic carbocycles. The van der Waals surface area contributed by atoms with E-state index in [1.54, 1.807) is 6.33 Å². The van der Waals surface area contributed by atoms with Crippen LogP contribution in [0.2, 0.25) is 0 Å². The zero-order chi connectivity index (χ0) is 16.2. The van der Waals surface area contributed by atoms with E-state index in [0.29, 0.717) is 12.1 Å². The zero-order valence-corrected chi connectivity index (χ0v) is 13.7. The molecule has 4 heteroatoms. The van der Waals surface area contributed by atoms with Crippen LogP contribution >= 0.6 is 0 Å². The second-order valence-electron chi connectivity index (χ2n) is 6.37. The Balaban J connectivity index is 1.57. The van der Waals surface area contributed by atoms with Crippen molar-refractivity contribution < 1.29 is 0 Å². The summed E-state index contributed by atoms with van der Waals surface area (Å²) in [6, 6.07) is 22.4. The second kappa shape index (κ2) is 6.97. The Bertz CT molecular complexity index is 692. The van der Waals surface area contributed by atoms with Crippen molar-refractivity contribution in [3.63, 3.8) is 0 Å². The lowest BCUT2D eigenvalue weighted by molar-refractivity contribution is 0.148. The second-order valence-corrected chi connectivity index (χ2v) is 6.37. The lowest BCUT2D eigenvalue weighted by Gasteiger charge is -2.38. The van der Waals surface area contributed by atoms with Crippen molar-refractivity contribution in [2.45, 2.75) is 24.9 Å². The summed E-state index contributed by atoms with van der Waals surface area (Å²) in [5.41, 5.74) is 2.73. The van der Waals surface area contributed by atoms with Crippen molar-refractivity contribution in [3.05, 3.63) is 84.4 Å². The molecule has 0 atom stereocenters. The molecule has 0 bridgehead atoms. The van der Waals surface area contributed by atoms with Gasteiger partial charge >= 0.3 is 0 Å². The highest BCUT2D eigenvalue weighted by atomic mass is 15.3. The van der Waals surface area contributed by atoms with E-state index < -0.39 is 0 Å². The molecule has 1 aromatic heterocycles. The fourth-order valence-corrected chi connectivity index (χ4v) is 3.70. The van der Waals surface area contributed by atoms with Crippen LogP contribution in [0.5, 0.6) is 0 Å². The van der Waals surface area contributed by atoms with Crippen LogP contribution in [0.15, 0.2) is 73.3 Å². The van der Waals surface area contributed by atoms with Crippen LogP contribution in [0.3, 0.4) is 0 Å². The Morgan fingerprint density at radius 2 is 1.42 bits per heavy atom. The van der Waals surface area contributed by atoms with Gasteiger partial charge in [0.05, 0.1) is 12.1 Å². The quantitative estimate of drug-likeness (QED) is 0.735. The van der Waals surface area contributed by atoms with Crippen LogP contribution in [0.25, 0.3) is 0 Å². The molecule has 2 aromatic carbocycles. The van der Waals surface area contributed by atoms with Gasteiger partial charge in [-0.05, 0) is 24.0 Å². The first-order chi connectivity index (χ1) is 11.9. The van der Waals surface area contributed by atoms with E-state index >= 15 is 0 Å². The van der Waals surface area contributed by atoms with Gasteiger partial charge in [-0.2, -0.15) is 5.10 Å². The molecule has 0 N–H and O–H groups in total. The third-order valence-electron chi connectivity index (χ3n) is 4.91. The van der Waals surface area contributed by atoms with E-state index in [4.69, 9.17) is 0 Å². The Labute approximate surface area is 142 Å². The molecule has 3 aromatic rings. The standard InChI is InChI=1S/C20H22N4/c1-3-7-17(8-4-1)20(18-9-5-2-6-10-18)23-13-11-19(12-14-23)24-16-21-15-22-24/h1-10,15-16,19-20H,11-14H2. The van der Waals surface area contributed by atoms with E-state index in [-0.39, 0.29) is 0 Å². The maximum absolute atomic E-state index is 4.31. The van der Waals surface area contributed by atoms with Crippen molar-refractivity contribution in [1.82, 2.24) is 19.7 Å². The van der Waals surface area contributed by atoms with Crippen molar-refractivity contribution in [2.24, 2.45) is 0 Å². The molecule has 1 aliphatic rings. The van der Waals surface area contributed by atoms with Crippen molar-refractivity contribution in [2.75, 3.05) is 13.1 Å². The van der Waals surface area contributed by atoms with Gasteiger partial charge in [-0.25, -0.2) is 9.67 Å². The predicted molar refractivity (Wildman–Crippen MR) is 94.6 cm³/mol. The van der Waals surface area contributed by atoms with Gasteiger partial charge in [0.1, 0.15) is 12.7 Å². The molecule has 2 heterocycles. The summed E-state index contributed by atoms with van der Waals surface area (Å²) < 4.78 is 2.01. The lowest BCUT2D eigenvalue weighted by atomic mass is 9.94. The summed E-state index contributed by atoms with van der Waals surface area (Å²) in [4.78, 5) is 6.68. The van der Waals surface area contributed by atoms with Crippen LogP contribution in [-0.2, 0) is 0 Å². The summed E-state index contributed by atoms with van der Waals surface area (Å²) in [6.45, 7) is 2.14. The van der Waals surface area contributed by atoms with Gasteiger partial charge in [-0.1, -0.05) is 60.7 Å². The van der Waals surface area contributed by atoms with Gasteiger partial charge in [-0.15, -0.1) is 0 Å². The average Bonchev–Trinajstić information content (AvgIpc) is 3.19. The van der Waals surface area contributed by atoms with Gasteiger partial charge in [0.2, 0.25) is 0 Å². The highest BCUT2D eigenvalue weighted by molar-refractivity contribution is 5.31. The number of likely N-dealkylation sites (tertiary alicyclic amines) is 1. The number of piperidine rings is 1. The number of nitrogens with zero attached hydrogens (tertiary/aromatic N) is 4. The summed E-state index contributed by atoms with van der Waals surface area (Å²) in [6.07, 6.45) is 5.69. The molecule has 0 saturated carbocycles. The topological polar surface area (TPSA) is 34.0 Å². The average molecular weight is 318 g/mol. The molecule has 1 saturated heterocycles. The highest BCUT2D eigenvalue weighted by Gasteiger charge is 2.28. The predicted octanol–water partition coefficient (Wildman–Crippen LogP) is 3.70. The van der Waals surface area contributed by atoms with Crippen LogP contribution in [0.4, 0.5) is 0 Å². The number of rotatable bonds is 4. The minimum atomic E-state index is 0.323. The minimum absolute atomic E-state index is 0.323. The Morgan fingerprint density at radius 3 is 1.92 bits per heavy atom. The van der Waals surface area contributed by atoms with Crippen LogP contribution < -0.4 is 0 Å². The smallest absolute Gasteiger partial charge is 0.137 e. The van der Waals surface area contributed by atoms with E-state index in [1.165, 1.54) is 11.1 Å². The van der Waals surface area contributed by atoms with Gasteiger partial charge in [-0.3, -0.25) is 4.90 Å².